The minimum atomic E-state index is 0.793. The minimum absolute atomic E-state index is 0.793. The van der Waals surface area contributed by atoms with Gasteiger partial charge in [-0.25, -0.2) is 4.98 Å². The summed E-state index contributed by atoms with van der Waals surface area (Å²) in [5.74, 6) is 0. The van der Waals surface area contributed by atoms with Gasteiger partial charge in [-0.3, -0.25) is 0 Å². The Bertz CT molecular complexity index is 847. The molecule has 0 atom stereocenters. The average Bonchev–Trinajstić information content (AvgIpc) is 3.14. The van der Waals surface area contributed by atoms with E-state index in [4.69, 9.17) is 16.6 Å². The Morgan fingerprint density at radius 2 is 1.96 bits per heavy atom. The number of thiazole rings is 1. The van der Waals surface area contributed by atoms with Gasteiger partial charge in [0.15, 0.2) is 5.13 Å². The number of likely N-dealkylation sites (N-methyl/N-ethyl adjacent to an activating group) is 1. The van der Waals surface area contributed by atoms with Crippen molar-refractivity contribution in [2.24, 2.45) is 0 Å². The van der Waals surface area contributed by atoms with Crippen LogP contribution in [0.3, 0.4) is 0 Å². The second-order valence-corrected chi connectivity index (χ2v) is 8.33. The summed E-state index contributed by atoms with van der Waals surface area (Å²) in [7, 11) is 2.18. The number of hydrogen-bond donors (Lipinski definition) is 0. The van der Waals surface area contributed by atoms with Gasteiger partial charge in [0.1, 0.15) is 0 Å². The molecular weight excluding hydrogens is 346 g/mol. The van der Waals surface area contributed by atoms with Crippen molar-refractivity contribution in [3.8, 4) is 10.6 Å². The van der Waals surface area contributed by atoms with Crippen molar-refractivity contribution < 1.29 is 0 Å². The first-order valence-corrected chi connectivity index (χ1v) is 9.77. The van der Waals surface area contributed by atoms with Gasteiger partial charge < -0.3 is 9.80 Å². The Hall–Kier alpha value is -1.14. The summed E-state index contributed by atoms with van der Waals surface area (Å²) >= 11 is 9.70. The molecule has 1 saturated heterocycles. The third-order valence-corrected chi connectivity index (χ3v) is 6.83. The smallest absolute Gasteiger partial charge is 0.185 e. The highest BCUT2D eigenvalue weighted by atomic mass is 35.5. The van der Waals surface area contributed by atoms with Gasteiger partial charge in [-0.05, 0) is 43.1 Å². The van der Waals surface area contributed by atoms with Crippen molar-refractivity contribution in [1.82, 2.24) is 9.88 Å². The number of halogens is 1. The number of benzene rings is 1. The van der Waals surface area contributed by atoms with Crippen LogP contribution in [0.15, 0.2) is 23.6 Å². The molecule has 3 heterocycles. The fraction of sp³-hybridized carbons (Fsp3) is 0.353. The first kappa shape index (κ1) is 15.4. The first-order valence-electron chi connectivity index (χ1n) is 7.70. The molecule has 3 aromatic rings. The van der Waals surface area contributed by atoms with E-state index in [0.29, 0.717) is 0 Å². The average molecular weight is 364 g/mol. The lowest BCUT2D eigenvalue weighted by Crippen LogP contribution is -2.44. The van der Waals surface area contributed by atoms with Crippen LogP contribution >= 0.6 is 34.3 Å². The molecule has 1 aromatic carbocycles. The molecule has 0 radical (unpaired) electrons. The van der Waals surface area contributed by atoms with Crippen molar-refractivity contribution in [2.75, 3.05) is 38.1 Å². The summed E-state index contributed by atoms with van der Waals surface area (Å²) in [5.41, 5.74) is 2.38. The second-order valence-electron chi connectivity index (χ2n) is 6.00. The van der Waals surface area contributed by atoms with Crippen molar-refractivity contribution in [2.45, 2.75) is 6.92 Å². The Balaban J connectivity index is 1.68. The van der Waals surface area contributed by atoms with E-state index in [1.54, 1.807) is 22.7 Å². The molecule has 0 amide bonds. The van der Waals surface area contributed by atoms with Gasteiger partial charge in [0, 0.05) is 41.3 Å². The fourth-order valence-corrected chi connectivity index (χ4v) is 5.22. The number of thiophene rings is 1. The molecule has 3 nitrogen and oxygen atoms in total. The molecule has 1 aliphatic rings. The van der Waals surface area contributed by atoms with E-state index >= 15 is 0 Å². The van der Waals surface area contributed by atoms with Crippen LogP contribution in [-0.4, -0.2) is 43.1 Å². The zero-order valence-electron chi connectivity index (χ0n) is 13.2. The van der Waals surface area contributed by atoms with Gasteiger partial charge >= 0.3 is 0 Å². The molecule has 0 N–H and O–H groups in total. The molecule has 0 bridgehead atoms. The molecule has 0 spiro atoms. The van der Waals surface area contributed by atoms with Crippen molar-refractivity contribution in [1.29, 1.82) is 0 Å². The lowest BCUT2D eigenvalue weighted by Gasteiger charge is -2.32. The Labute approximate surface area is 149 Å². The predicted octanol–water partition coefficient (Wildman–Crippen LogP) is 4.74. The molecule has 1 aliphatic heterocycles. The Kier molecular flexibility index (Phi) is 4.05. The molecule has 120 valence electrons. The standard InChI is InChI=1S/C17H18ClN3S2/c1-11-13-9-12(18)3-4-15(13)23-16(11)14-10-22-17(19-14)21-7-5-20(2)6-8-21/h3-4,9-10H,5-8H2,1-2H3. The summed E-state index contributed by atoms with van der Waals surface area (Å²) < 4.78 is 1.27. The molecule has 0 saturated carbocycles. The topological polar surface area (TPSA) is 19.4 Å². The van der Waals surface area contributed by atoms with E-state index in [-0.39, 0.29) is 0 Å². The number of aromatic nitrogens is 1. The van der Waals surface area contributed by atoms with Gasteiger partial charge in [-0.1, -0.05) is 11.6 Å². The van der Waals surface area contributed by atoms with Gasteiger partial charge in [-0.2, -0.15) is 0 Å². The van der Waals surface area contributed by atoms with Crippen molar-refractivity contribution in [3.63, 3.8) is 0 Å². The molecular formula is C17H18ClN3S2. The molecule has 1 fully saturated rings. The summed E-state index contributed by atoms with van der Waals surface area (Å²) in [4.78, 5) is 10.9. The van der Waals surface area contributed by atoms with E-state index in [2.05, 4.69) is 41.3 Å². The predicted molar refractivity (Wildman–Crippen MR) is 102 cm³/mol. The summed E-state index contributed by atoms with van der Waals surface area (Å²) in [5, 5.41) is 5.36. The number of nitrogens with zero attached hydrogens (tertiary/aromatic N) is 3. The lowest BCUT2D eigenvalue weighted by molar-refractivity contribution is 0.313. The van der Waals surface area contributed by atoms with Gasteiger partial charge in [-0.15, -0.1) is 22.7 Å². The van der Waals surface area contributed by atoms with Crippen LogP contribution < -0.4 is 4.90 Å². The molecule has 0 aliphatic carbocycles. The molecule has 4 rings (SSSR count). The Morgan fingerprint density at radius 1 is 1.17 bits per heavy atom. The number of aryl methyl sites for hydroxylation is 1. The van der Waals surface area contributed by atoms with Crippen LogP contribution in [0, 0.1) is 6.92 Å². The molecule has 0 unspecified atom stereocenters. The number of fused-ring (bicyclic) bond motifs is 1. The van der Waals surface area contributed by atoms with Crippen LogP contribution in [-0.2, 0) is 0 Å². The van der Waals surface area contributed by atoms with Crippen LogP contribution in [0.4, 0.5) is 5.13 Å². The highest BCUT2D eigenvalue weighted by Crippen LogP contribution is 2.40. The summed E-state index contributed by atoms with van der Waals surface area (Å²) in [6.45, 7) is 6.50. The lowest BCUT2D eigenvalue weighted by atomic mass is 10.1. The zero-order valence-corrected chi connectivity index (χ0v) is 15.6. The monoisotopic (exact) mass is 363 g/mol. The quantitative estimate of drug-likeness (QED) is 0.655. The zero-order chi connectivity index (χ0) is 16.0. The molecule has 23 heavy (non-hydrogen) atoms. The van der Waals surface area contributed by atoms with Crippen molar-refractivity contribution >= 4 is 49.5 Å². The van der Waals surface area contributed by atoms with E-state index in [1.807, 2.05) is 6.07 Å². The van der Waals surface area contributed by atoms with Gasteiger partial charge in [0.25, 0.3) is 0 Å². The van der Waals surface area contributed by atoms with Crippen LogP contribution in [0.5, 0.6) is 0 Å². The number of piperazine rings is 1. The van der Waals surface area contributed by atoms with Gasteiger partial charge in [0.2, 0.25) is 0 Å². The highest BCUT2D eigenvalue weighted by Gasteiger charge is 2.19. The summed E-state index contributed by atoms with van der Waals surface area (Å²) in [6.07, 6.45) is 0. The number of anilines is 1. The first-order chi connectivity index (χ1) is 11.1. The maximum Gasteiger partial charge on any atom is 0.185 e. The van der Waals surface area contributed by atoms with E-state index in [0.717, 1.165) is 42.0 Å². The number of hydrogen-bond acceptors (Lipinski definition) is 5. The Morgan fingerprint density at radius 3 is 2.74 bits per heavy atom. The number of rotatable bonds is 2. The SMILES string of the molecule is Cc1c(-c2csc(N3CCN(C)CC3)n2)sc2ccc(Cl)cc12. The summed E-state index contributed by atoms with van der Waals surface area (Å²) in [6, 6.07) is 6.12. The maximum atomic E-state index is 6.14. The molecule has 6 heteroatoms. The third-order valence-electron chi connectivity index (χ3n) is 4.40. The second kappa shape index (κ2) is 6.06. The van der Waals surface area contributed by atoms with Crippen LogP contribution in [0.25, 0.3) is 20.7 Å². The fourth-order valence-electron chi connectivity index (χ4n) is 2.95. The minimum Gasteiger partial charge on any atom is -0.346 e. The highest BCUT2D eigenvalue weighted by molar-refractivity contribution is 7.23. The van der Waals surface area contributed by atoms with E-state index in [1.165, 1.54) is 20.5 Å². The van der Waals surface area contributed by atoms with Crippen LogP contribution in [0.1, 0.15) is 5.56 Å². The van der Waals surface area contributed by atoms with Gasteiger partial charge in [0.05, 0.1) is 10.6 Å². The van der Waals surface area contributed by atoms with E-state index < -0.39 is 0 Å². The van der Waals surface area contributed by atoms with E-state index in [9.17, 15) is 0 Å². The van der Waals surface area contributed by atoms with Crippen LogP contribution in [0.2, 0.25) is 5.02 Å². The van der Waals surface area contributed by atoms with Crippen molar-refractivity contribution in [3.05, 3.63) is 34.2 Å². The third kappa shape index (κ3) is 2.87. The normalized spacial score (nSPS) is 16.4. The molecule has 2 aromatic heterocycles. The maximum absolute atomic E-state index is 6.14. The largest absolute Gasteiger partial charge is 0.346 e.